The van der Waals surface area contributed by atoms with E-state index >= 15 is 0 Å². The SMILES string of the molecule is Nc1nc(N2CCC(N3CC(C(=O)NCC(F)F)OCC3Cc3ccc(Cl)cc3)CC2)n[nH]1. The first-order valence-electron chi connectivity index (χ1n) is 11.0. The van der Waals surface area contributed by atoms with E-state index in [1.165, 1.54) is 0 Å². The summed E-state index contributed by atoms with van der Waals surface area (Å²) >= 11 is 6.02. The summed E-state index contributed by atoms with van der Waals surface area (Å²) in [5.41, 5.74) is 6.76. The number of nitrogens with two attached hydrogens (primary N) is 1. The van der Waals surface area contributed by atoms with Gasteiger partial charge in [-0.15, -0.1) is 5.10 Å². The van der Waals surface area contributed by atoms with Crippen molar-refractivity contribution < 1.29 is 18.3 Å². The van der Waals surface area contributed by atoms with E-state index in [2.05, 4.69) is 30.3 Å². The fourth-order valence-electron chi connectivity index (χ4n) is 4.49. The number of ether oxygens (including phenoxy) is 1. The highest BCUT2D eigenvalue weighted by atomic mass is 35.5. The van der Waals surface area contributed by atoms with Gasteiger partial charge in [0.05, 0.1) is 13.2 Å². The van der Waals surface area contributed by atoms with Gasteiger partial charge in [-0.05, 0) is 37.0 Å². The van der Waals surface area contributed by atoms with Crippen molar-refractivity contribution in [2.45, 2.75) is 43.9 Å². The molecule has 12 heteroatoms. The van der Waals surface area contributed by atoms with E-state index in [1.54, 1.807) is 0 Å². The molecule has 2 aliphatic rings. The summed E-state index contributed by atoms with van der Waals surface area (Å²) in [6, 6.07) is 7.94. The Morgan fingerprint density at radius 2 is 2.03 bits per heavy atom. The lowest BCUT2D eigenvalue weighted by Gasteiger charge is -2.46. The minimum absolute atomic E-state index is 0.0565. The number of H-pyrrole nitrogens is 1. The van der Waals surface area contributed by atoms with E-state index in [0.717, 1.165) is 37.9 Å². The number of halogens is 3. The molecule has 4 N–H and O–H groups in total. The molecule has 0 bridgehead atoms. The zero-order valence-electron chi connectivity index (χ0n) is 18.1. The lowest BCUT2D eigenvalue weighted by atomic mass is 9.96. The Labute approximate surface area is 195 Å². The van der Waals surface area contributed by atoms with Gasteiger partial charge < -0.3 is 20.7 Å². The molecule has 9 nitrogen and oxygen atoms in total. The predicted octanol–water partition coefficient (Wildman–Crippen LogP) is 1.70. The van der Waals surface area contributed by atoms with E-state index in [4.69, 9.17) is 22.1 Å². The molecule has 2 aromatic rings. The molecule has 1 aromatic heterocycles. The maximum absolute atomic E-state index is 12.5. The largest absolute Gasteiger partial charge is 0.368 e. The van der Waals surface area contributed by atoms with Gasteiger partial charge in [0.1, 0.15) is 6.10 Å². The number of benzene rings is 1. The van der Waals surface area contributed by atoms with Crippen molar-refractivity contribution in [1.82, 2.24) is 25.4 Å². The first-order valence-corrected chi connectivity index (χ1v) is 11.4. The fourth-order valence-corrected chi connectivity index (χ4v) is 4.61. The molecule has 3 heterocycles. The molecule has 1 aromatic carbocycles. The number of nitrogen functional groups attached to an aromatic ring is 1. The molecule has 2 fully saturated rings. The molecule has 2 saturated heterocycles. The Hall–Kier alpha value is -2.50. The first-order chi connectivity index (χ1) is 15.9. The smallest absolute Gasteiger partial charge is 0.255 e. The van der Waals surface area contributed by atoms with Crippen LogP contribution in [-0.4, -0.2) is 83.4 Å². The Morgan fingerprint density at radius 1 is 1.30 bits per heavy atom. The van der Waals surface area contributed by atoms with Crippen LogP contribution in [0.1, 0.15) is 18.4 Å². The Morgan fingerprint density at radius 3 is 2.67 bits per heavy atom. The van der Waals surface area contributed by atoms with Gasteiger partial charge in [-0.25, -0.2) is 13.9 Å². The number of hydrogen-bond donors (Lipinski definition) is 3. The van der Waals surface area contributed by atoms with Crippen molar-refractivity contribution in [2.24, 2.45) is 0 Å². The van der Waals surface area contributed by atoms with Crippen LogP contribution in [0.3, 0.4) is 0 Å². The fraction of sp³-hybridized carbons (Fsp3) is 0.571. The van der Waals surface area contributed by atoms with Gasteiger partial charge in [0.2, 0.25) is 11.9 Å². The minimum Gasteiger partial charge on any atom is -0.368 e. The van der Waals surface area contributed by atoms with Crippen LogP contribution in [0.2, 0.25) is 5.02 Å². The van der Waals surface area contributed by atoms with E-state index < -0.39 is 25.0 Å². The lowest BCUT2D eigenvalue weighted by Crippen LogP contribution is -2.60. The highest BCUT2D eigenvalue weighted by molar-refractivity contribution is 6.30. The third-order valence-electron chi connectivity index (χ3n) is 6.15. The van der Waals surface area contributed by atoms with Crippen LogP contribution in [0.15, 0.2) is 24.3 Å². The van der Waals surface area contributed by atoms with Gasteiger partial charge >= 0.3 is 0 Å². The zero-order chi connectivity index (χ0) is 23.4. The molecule has 2 unspecified atom stereocenters. The van der Waals surface area contributed by atoms with E-state index in [9.17, 15) is 13.6 Å². The maximum atomic E-state index is 12.5. The number of aromatic nitrogens is 3. The molecule has 1 amide bonds. The molecule has 33 heavy (non-hydrogen) atoms. The van der Waals surface area contributed by atoms with Crippen molar-refractivity contribution in [1.29, 1.82) is 0 Å². The normalized spacial score (nSPS) is 22.6. The highest BCUT2D eigenvalue weighted by Gasteiger charge is 2.38. The number of alkyl halides is 2. The quantitative estimate of drug-likeness (QED) is 0.549. The Kier molecular flexibility index (Phi) is 7.61. The van der Waals surface area contributed by atoms with Crippen molar-refractivity contribution >= 4 is 29.4 Å². The van der Waals surface area contributed by atoms with Crippen molar-refractivity contribution in [2.75, 3.05) is 43.4 Å². The first kappa shape index (κ1) is 23.7. The van der Waals surface area contributed by atoms with E-state index in [-0.39, 0.29) is 18.0 Å². The van der Waals surface area contributed by atoms with Crippen molar-refractivity contribution in [3.05, 3.63) is 34.9 Å². The Balaban J connectivity index is 1.44. The third kappa shape index (κ3) is 6.10. The molecular formula is C21H28ClF2N7O2. The van der Waals surface area contributed by atoms with Crippen LogP contribution in [0, 0.1) is 0 Å². The summed E-state index contributed by atoms with van der Waals surface area (Å²) in [5, 5.41) is 9.74. The summed E-state index contributed by atoms with van der Waals surface area (Å²) in [6.07, 6.45) is -0.954. The second kappa shape index (κ2) is 10.6. The van der Waals surface area contributed by atoms with Gasteiger partial charge in [0, 0.05) is 36.7 Å². The predicted molar refractivity (Wildman–Crippen MR) is 120 cm³/mol. The number of nitrogens with zero attached hydrogens (tertiary/aromatic N) is 4. The molecule has 0 aliphatic carbocycles. The molecule has 0 spiro atoms. The zero-order valence-corrected chi connectivity index (χ0v) is 18.8. The van der Waals surface area contributed by atoms with Crippen LogP contribution in [0.5, 0.6) is 0 Å². The molecule has 180 valence electrons. The molecule has 4 rings (SSSR count). The summed E-state index contributed by atoms with van der Waals surface area (Å²) < 4.78 is 30.9. The number of aromatic amines is 1. The third-order valence-corrected chi connectivity index (χ3v) is 6.40. The minimum atomic E-state index is -2.60. The van der Waals surface area contributed by atoms with Gasteiger partial charge in [0.25, 0.3) is 12.3 Å². The second-order valence-corrected chi connectivity index (χ2v) is 8.81. The second-order valence-electron chi connectivity index (χ2n) is 8.38. The lowest BCUT2D eigenvalue weighted by molar-refractivity contribution is -0.145. The number of nitrogens with one attached hydrogen (secondary N) is 2. The van der Waals surface area contributed by atoms with E-state index in [1.807, 2.05) is 24.3 Å². The van der Waals surface area contributed by atoms with Crippen LogP contribution in [0.4, 0.5) is 20.7 Å². The van der Waals surface area contributed by atoms with Crippen molar-refractivity contribution in [3.8, 4) is 0 Å². The van der Waals surface area contributed by atoms with Crippen LogP contribution < -0.4 is 16.0 Å². The maximum Gasteiger partial charge on any atom is 0.255 e. The number of carbonyl (C=O) groups excluding carboxylic acids is 1. The topological polar surface area (TPSA) is 112 Å². The average molecular weight is 484 g/mol. The summed E-state index contributed by atoms with van der Waals surface area (Å²) in [4.78, 5) is 21.0. The number of amides is 1. The number of rotatable bonds is 7. The summed E-state index contributed by atoms with van der Waals surface area (Å²) in [6.45, 7) is 1.51. The Bertz CT molecular complexity index is 922. The number of carbonyl (C=O) groups is 1. The summed E-state index contributed by atoms with van der Waals surface area (Å²) in [5.74, 6) is 0.356. The van der Waals surface area contributed by atoms with Gasteiger partial charge in [-0.3, -0.25) is 9.69 Å². The van der Waals surface area contributed by atoms with Crippen LogP contribution >= 0.6 is 11.6 Å². The highest BCUT2D eigenvalue weighted by Crippen LogP contribution is 2.27. The monoisotopic (exact) mass is 483 g/mol. The van der Waals surface area contributed by atoms with Gasteiger partial charge in [-0.2, -0.15) is 4.98 Å². The van der Waals surface area contributed by atoms with Crippen LogP contribution in [-0.2, 0) is 16.0 Å². The molecular weight excluding hydrogens is 456 g/mol. The van der Waals surface area contributed by atoms with Crippen LogP contribution in [0.25, 0.3) is 0 Å². The average Bonchev–Trinajstić information content (AvgIpc) is 3.25. The molecule has 2 aliphatic heterocycles. The number of morpholine rings is 1. The van der Waals surface area contributed by atoms with E-state index in [0.29, 0.717) is 24.1 Å². The number of anilines is 2. The number of piperidine rings is 1. The molecule has 2 atom stereocenters. The van der Waals surface area contributed by atoms with Crippen molar-refractivity contribution in [3.63, 3.8) is 0 Å². The standard InChI is InChI=1S/C21H28ClF2N7O2/c22-14-3-1-13(2-4-14)9-16-12-33-17(19(32)26-10-18(23)24)11-31(16)15-5-7-30(8-6-15)21-27-20(25)28-29-21/h1-4,15-18H,5-12H2,(H,26,32)(H3,25,27,28,29). The molecule has 0 radical (unpaired) electrons. The van der Waals surface area contributed by atoms with Gasteiger partial charge in [-0.1, -0.05) is 23.7 Å². The molecule has 0 saturated carbocycles. The van der Waals surface area contributed by atoms with Gasteiger partial charge in [0.15, 0.2) is 0 Å². The summed E-state index contributed by atoms with van der Waals surface area (Å²) in [7, 11) is 0. The number of hydrogen-bond acceptors (Lipinski definition) is 7.